The number of unbranched alkanes of at least 4 members (excludes halogenated alkanes) is 24. The first-order valence-corrected chi connectivity index (χ1v) is 34.3. The van der Waals surface area contributed by atoms with Crippen molar-refractivity contribution in [3.63, 3.8) is 0 Å². The lowest BCUT2D eigenvalue weighted by Crippen LogP contribution is -2.66. The Morgan fingerprint density at radius 2 is 0.798 bits per heavy atom. The largest absolute Gasteiger partial charge is 0.394 e. The van der Waals surface area contributed by atoms with Crippen LogP contribution in [0.2, 0.25) is 0 Å². The quantitative estimate of drug-likeness (QED) is 0.0200. The van der Waals surface area contributed by atoms with Crippen LogP contribution < -0.4 is 5.32 Å². The van der Waals surface area contributed by atoms with Gasteiger partial charge in [-0.25, -0.2) is 0 Å². The highest BCUT2D eigenvalue weighted by Crippen LogP contribution is 2.33. The van der Waals surface area contributed by atoms with Crippen LogP contribution in [0.25, 0.3) is 0 Å². The van der Waals surface area contributed by atoms with Gasteiger partial charge in [0.2, 0.25) is 5.91 Å². The van der Waals surface area contributed by atoms with Crippen LogP contribution in [0.1, 0.15) is 219 Å². The van der Waals surface area contributed by atoms with Gasteiger partial charge in [0.25, 0.3) is 0 Å². The summed E-state index contributed by atoms with van der Waals surface area (Å²) < 4.78 is 34.2. The lowest BCUT2D eigenvalue weighted by Gasteiger charge is -2.48. The highest BCUT2D eigenvalue weighted by Gasteiger charge is 2.53. The molecule has 3 rings (SSSR count). The van der Waals surface area contributed by atoms with Crippen molar-refractivity contribution in [1.29, 1.82) is 0 Å². The molecule has 0 saturated carbocycles. The number of ether oxygens (including phenoxy) is 6. The van der Waals surface area contributed by atoms with Crippen molar-refractivity contribution in [1.82, 2.24) is 5.32 Å². The molecule has 3 fully saturated rings. The summed E-state index contributed by atoms with van der Waals surface area (Å²) in [6, 6.07) is -0.996. The van der Waals surface area contributed by atoms with Crippen molar-refractivity contribution < 1.29 is 89.4 Å². The normalized spacial score (nSPS) is 28.8. The predicted molar refractivity (Wildman–Crippen MR) is 346 cm³/mol. The molecule has 3 saturated heterocycles. The van der Waals surface area contributed by atoms with E-state index in [1.54, 1.807) is 6.08 Å². The van der Waals surface area contributed by atoms with Gasteiger partial charge in [-0.1, -0.05) is 220 Å². The Hall–Kier alpha value is -3.03. The fraction of sp³-hybridized carbons (Fsp3) is 0.786. The highest BCUT2D eigenvalue weighted by atomic mass is 16.8. The number of allylic oxidation sites excluding steroid dienone is 13. The van der Waals surface area contributed by atoms with Crippen LogP contribution in [-0.2, 0) is 33.2 Å². The molecule has 17 atom stereocenters. The van der Waals surface area contributed by atoms with Crippen LogP contribution in [0.15, 0.2) is 85.1 Å². The molecule has 3 aliphatic rings. The van der Waals surface area contributed by atoms with E-state index in [1.165, 1.54) is 122 Å². The molecule has 3 aliphatic heterocycles. The number of carbonyl (C=O) groups is 1. The Bertz CT molecular complexity index is 1940. The van der Waals surface area contributed by atoms with Crippen molar-refractivity contribution >= 4 is 5.91 Å². The molecule has 0 aliphatic carbocycles. The molecule has 0 bridgehead atoms. The summed E-state index contributed by atoms with van der Waals surface area (Å²) >= 11 is 0. The standard InChI is InChI=1S/C70H121NO18/c1-3-5-7-9-11-13-14-15-16-17-18-19-20-21-22-23-24-25-26-27-28-29-30-31-32-33-34-35-36-37-38-40-42-44-46-48-58(76)71-53(54(75)47-45-43-41-39-12-10-8-6-4-2)52-84-68-64(82)61(79)66(56(50-73)86-68)89-70-65(83)62(80)67(57(51-74)87-70)88-69-63(81)60(78)59(77)55(49-72)85-69/h4-7,11-13,15-16,18-19,39,45,47,53-57,59-70,72-75,77-83H,3,8-10,14,17,20-38,40-44,46,48-52H2,1-2H3,(H,71,76)/b6-4+,7-5-,13-11-,16-15-,19-18-,39-12+,47-45+. The third-order valence-electron chi connectivity index (χ3n) is 16.8. The average molecular weight is 1260 g/mol. The Morgan fingerprint density at radius 3 is 1.26 bits per heavy atom. The van der Waals surface area contributed by atoms with Gasteiger partial charge in [0, 0.05) is 6.42 Å². The second-order valence-corrected chi connectivity index (χ2v) is 24.3. The Morgan fingerprint density at radius 1 is 0.427 bits per heavy atom. The van der Waals surface area contributed by atoms with E-state index in [0.29, 0.717) is 12.8 Å². The van der Waals surface area contributed by atoms with Crippen molar-refractivity contribution in [2.24, 2.45) is 0 Å². The summed E-state index contributed by atoms with van der Waals surface area (Å²) in [5, 5.41) is 120. The zero-order chi connectivity index (χ0) is 64.7. The first kappa shape index (κ1) is 80.2. The third kappa shape index (κ3) is 33.6. The van der Waals surface area contributed by atoms with Gasteiger partial charge < -0.3 is 89.9 Å². The molecular weight excluding hydrogens is 1140 g/mol. The first-order chi connectivity index (χ1) is 43.3. The smallest absolute Gasteiger partial charge is 0.220 e. The van der Waals surface area contributed by atoms with Crippen LogP contribution >= 0.6 is 0 Å². The third-order valence-corrected chi connectivity index (χ3v) is 16.8. The molecule has 0 aromatic rings. The molecule has 0 aromatic heterocycles. The molecule has 17 unspecified atom stereocenters. The second kappa shape index (κ2) is 51.4. The molecule has 19 nitrogen and oxygen atoms in total. The van der Waals surface area contributed by atoms with E-state index in [2.05, 4.69) is 79.1 Å². The number of hydrogen-bond donors (Lipinski definition) is 12. The summed E-state index contributed by atoms with van der Waals surface area (Å²) in [6.07, 6.45) is 39.3. The lowest BCUT2D eigenvalue weighted by atomic mass is 9.96. The molecule has 0 aromatic carbocycles. The number of hydrogen-bond acceptors (Lipinski definition) is 18. The van der Waals surface area contributed by atoms with Crippen LogP contribution in [0, 0.1) is 0 Å². The van der Waals surface area contributed by atoms with E-state index in [1.807, 2.05) is 19.1 Å². The van der Waals surface area contributed by atoms with Crippen LogP contribution in [0.3, 0.4) is 0 Å². The van der Waals surface area contributed by atoms with Crippen molar-refractivity contribution in [3.05, 3.63) is 85.1 Å². The topological polar surface area (TPSA) is 307 Å². The van der Waals surface area contributed by atoms with Crippen LogP contribution in [-0.4, -0.2) is 193 Å². The van der Waals surface area contributed by atoms with E-state index in [4.69, 9.17) is 28.4 Å². The lowest BCUT2D eigenvalue weighted by molar-refractivity contribution is -0.379. The Kier molecular flexibility index (Phi) is 46.3. The first-order valence-electron chi connectivity index (χ1n) is 34.3. The van der Waals surface area contributed by atoms with E-state index >= 15 is 0 Å². The summed E-state index contributed by atoms with van der Waals surface area (Å²) in [6.45, 7) is 1.34. The number of carbonyl (C=O) groups excluding carboxylic acids is 1. The van der Waals surface area contributed by atoms with E-state index in [9.17, 15) is 61.0 Å². The van der Waals surface area contributed by atoms with Gasteiger partial charge in [-0.15, -0.1) is 0 Å². The number of aliphatic hydroxyl groups is 11. The molecule has 3 heterocycles. The molecule has 514 valence electrons. The molecule has 0 radical (unpaired) electrons. The maximum atomic E-state index is 13.3. The summed E-state index contributed by atoms with van der Waals surface area (Å²) in [5.41, 5.74) is 0. The van der Waals surface area contributed by atoms with E-state index in [0.717, 1.165) is 64.2 Å². The SMILES string of the molecule is C/C=C/CC/C=C/CC/C=C/C(O)C(COC1OC(CO)C(OC2OC(CO)C(OC3OC(CO)C(O)C(O)C3O)C(O)C2O)C(O)C1O)NC(=O)CCCCCCCCCCCCCCCCCCCCCCCC/C=C\C/C=C\C/C=C\C/C=C\CC. The average Bonchev–Trinajstić information content (AvgIpc) is 1.06. The Labute approximate surface area is 533 Å². The summed E-state index contributed by atoms with van der Waals surface area (Å²) in [5.74, 6) is -0.293. The minimum absolute atomic E-state index is 0.230. The summed E-state index contributed by atoms with van der Waals surface area (Å²) in [7, 11) is 0. The molecule has 89 heavy (non-hydrogen) atoms. The summed E-state index contributed by atoms with van der Waals surface area (Å²) in [4.78, 5) is 13.3. The predicted octanol–water partition coefficient (Wildman–Crippen LogP) is 8.71. The van der Waals surface area contributed by atoms with Gasteiger partial charge in [0.1, 0.15) is 73.2 Å². The van der Waals surface area contributed by atoms with Gasteiger partial charge >= 0.3 is 0 Å². The number of rotatable bonds is 51. The van der Waals surface area contributed by atoms with Crippen molar-refractivity contribution in [2.75, 3.05) is 26.4 Å². The molecule has 12 N–H and O–H groups in total. The van der Waals surface area contributed by atoms with Gasteiger partial charge in [-0.3, -0.25) is 4.79 Å². The fourth-order valence-electron chi connectivity index (χ4n) is 11.2. The van der Waals surface area contributed by atoms with Crippen LogP contribution in [0.4, 0.5) is 0 Å². The van der Waals surface area contributed by atoms with Gasteiger partial charge in [0.05, 0.1) is 38.6 Å². The minimum atomic E-state index is -1.98. The van der Waals surface area contributed by atoms with Gasteiger partial charge in [-0.2, -0.15) is 0 Å². The van der Waals surface area contributed by atoms with E-state index in [-0.39, 0.29) is 18.9 Å². The highest BCUT2D eigenvalue weighted by molar-refractivity contribution is 5.76. The number of nitrogens with one attached hydrogen (secondary N) is 1. The number of amides is 1. The number of aliphatic hydroxyl groups excluding tert-OH is 11. The van der Waals surface area contributed by atoms with Gasteiger partial charge in [-0.05, 0) is 77.6 Å². The zero-order valence-electron chi connectivity index (χ0n) is 54.1. The minimum Gasteiger partial charge on any atom is -0.394 e. The monoisotopic (exact) mass is 1260 g/mol. The molecular formula is C70H121NO18. The maximum Gasteiger partial charge on any atom is 0.220 e. The molecule has 0 spiro atoms. The fourth-order valence-corrected chi connectivity index (χ4v) is 11.2. The molecule has 19 heteroatoms. The van der Waals surface area contributed by atoms with E-state index < -0.39 is 124 Å². The van der Waals surface area contributed by atoms with Crippen molar-refractivity contribution in [2.45, 2.75) is 324 Å². The second-order valence-electron chi connectivity index (χ2n) is 24.3. The maximum absolute atomic E-state index is 13.3. The van der Waals surface area contributed by atoms with Gasteiger partial charge in [0.15, 0.2) is 18.9 Å². The Balaban J connectivity index is 1.30. The molecule has 1 amide bonds. The van der Waals surface area contributed by atoms with Crippen LogP contribution in [0.5, 0.6) is 0 Å². The van der Waals surface area contributed by atoms with Crippen molar-refractivity contribution in [3.8, 4) is 0 Å². The zero-order valence-corrected chi connectivity index (χ0v) is 54.1.